The molecule has 0 aliphatic carbocycles. The van der Waals surface area contributed by atoms with Crippen LogP contribution in [-0.2, 0) is 6.42 Å². The van der Waals surface area contributed by atoms with Crippen LogP contribution in [0.25, 0.3) is 0 Å². The van der Waals surface area contributed by atoms with Crippen molar-refractivity contribution in [3.63, 3.8) is 0 Å². The molecular weight excluding hydrogens is 216 g/mol. The highest BCUT2D eigenvalue weighted by Crippen LogP contribution is 2.22. The minimum absolute atomic E-state index is 0.804. The highest BCUT2D eigenvalue weighted by atomic mass is 14.2. The van der Waals surface area contributed by atoms with Gasteiger partial charge in [-0.3, -0.25) is 0 Å². The second-order valence-electron chi connectivity index (χ2n) is 5.85. The monoisotopic (exact) mass is 246 g/mol. The SMILES string of the molecule is CCCCCCCC(C)C(C)Cc1ccccc1. The third-order valence-electron chi connectivity index (χ3n) is 4.13. The van der Waals surface area contributed by atoms with Crippen molar-refractivity contribution in [2.75, 3.05) is 0 Å². The first kappa shape index (κ1) is 15.3. The van der Waals surface area contributed by atoms with E-state index in [0.717, 1.165) is 11.8 Å². The van der Waals surface area contributed by atoms with Gasteiger partial charge in [0, 0.05) is 0 Å². The van der Waals surface area contributed by atoms with E-state index >= 15 is 0 Å². The van der Waals surface area contributed by atoms with Gasteiger partial charge in [0.05, 0.1) is 0 Å². The molecule has 18 heavy (non-hydrogen) atoms. The molecule has 0 spiro atoms. The van der Waals surface area contributed by atoms with E-state index in [1.54, 1.807) is 0 Å². The lowest BCUT2D eigenvalue weighted by molar-refractivity contribution is 0.349. The first-order chi connectivity index (χ1) is 8.74. The molecule has 0 aliphatic heterocycles. The Labute approximate surface area is 114 Å². The lowest BCUT2D eigenvalue weighted by Gasteiger charge is -2.20. The van der Waals surface area contributed by atoms with Gasteiger partial charge in [-0.05, 0) is 23.8 Å². The van der Waals surface area contributed by atoms with Gasteiger partial charge in [0.2, 0.25) is 0 Å². The van der Waals surface area contributed by atoms with Crippen molar-refractivity contribution in [1.29, 1.82) is 0 Å². The molecule has 0 aromatic heterocycles. The zero-order valence-electron chi connectivity index (χ0n) is 12.5. The Morgan fingerprint density at radius 3 is 2.17 bits per heavy atom. The Morgan fingerprint density at radius 1 is 0.833 bits per heavy atom. The molecular formula is C18H30. The fourth-order valence-electron chi connectivity index (χ4n) is 2.54. The van der Waals surface area contributed by atoms with Crippen LogP contribution in [0.1, 0.15) is 64.9 Å². The Kier molecular flexibility index (Phi) is 7.80. The van der Waals surface area contributed by atoms with Crippen molar-refractivity contribution in [1.82, 2.24) is 0 Å². The minimum atomic E-state index is 0.804. The predicted molar refractivity (Wildman–Crippen MR) is 81.9 cm³/mol. The average Bonchev–Trinajstić information content (AvgIpc) is 2.39. The smallest absolute Gasteiger partial charge is 0.0250 e. The van der Waals surface area contributed by atoms with Crippen LogP contribution in [0.5, 0.6) is 0 Å². The van der Waals surface area contributed by atoms with Gasteiger partial charge in [0.25, 0.3) is 0 Å². The first-order valence-corrected chi connectivity index (χ1v) is 7.78. The normalized spacial score (nSPS) is 14.4. The molecule has 0 amide bonds. The molecule has 0 radical (unpaired) electrons. The summed E-state index contributed by atoms with van der Waals surface area (Å²) in [6.45, 7) is 7.11. The molecule has 0 heterocycles. The predicted octanol–water partition coefficient (Wildman–Crippen LogP) is 5.86. The summed E-state index contributed by atoms with van der Waals surface area (Å²) >= 11 is 0. The van der Waals surface area contributed by atoms with E-state index in [-0.39, 0.29) is 0 Å². The second kappa shape index (κ2) is 9.19. The fraction of sp³-hybridized carbons (Fsp3) is 0.667. The molecule has 1 aromatic rings. The molecule has 0 N–H and O–H groups in total. The lowest BCUT2D eigenvalue weighted by atomic mass is 9.86. The summed E-state index contributed by atoms with van der Waals surface area (Å²) in [5.41, 5.74) is 1.49. The van der Waals surface area contributed by atoms with E-state index in [4.69, 9.17) is 0 Å². The first-order valence-electron chi connectivity index (χ1n) is 7.78. The van der Waals surface area contributed by atoms with Crippen molar-refractivity contribution in [2.45, 2.75) is 65.7 Å². The Bertz CT molecular complexity index is 288. The van der Waals surface area contributed by atoms with Gasteiger partial charge in [0.15, 0.2) is 0 Å². The van der Waals surface area contributed by atoms with Gasteiger partial charge in [-0.25, -0.2) is 0 Å². The van der Waals surface area contributed by atoms with E-state index in [2.05, 4.69) is 51.1 Å². The summed E-state index contributed by atoms with van der Waals surface area (Å²) in [4.78, 5) is 0. The van der Waals surface area contributed by atoms with Crippen molar-refractivity contribution in [3.8, 4) is 0 Å². The largest absolute Gasteiger partial charge is 0.0654 e. The molecule has 0 saturated carbocycles. The van der Waals surface area contributed by atoms with Crippen molar-refractivity contribution >= 4 is 0 Å². The Morgan fingerprint density at radius 2 is 1.50 bits per heavy atom. The molecule has 0 aliphatic rings. The summed E-state index contributed by atoms with van der Waals surface area (Å²) in [5.74, 6) is 1.66. The second-order valence-corrected chi connectivity index (χ2v) is 5.85. The third kappa shape index (κ3) is 6.23. The van der Waals surface area contributed by atoms with Gasteiger partial charge in [-0.15, -0.1) is 0 Å². The molecule has 2 atom stereocenters. The summed E-state index contributed by atoms with van der Waals surface area (Å²) in [5, 5.41) is 0. The van der Waals surface area contributed by atoms with Crippen LogP contribution in [0.2, 0.25) is 0 Å². The molecule has 0 nitrogen and oxygen atoms in total. The molecule has 0 bridgehead atoms. The topological polar surface area (TPSA) is 0 Å². The van der Waals surface area contributed by atoms with Gasteiger partial charge in [-0.1, -0.05) is 89.6 Å². The lowest BCUT2D eigenvalue weighted by Crippen LogP contribution is -2.11. The van der Waals surface area contributed by atoms with Crippen LogP contribution in [0.3, 0.4) is 0 Å². The summed E-state index contributed by atoms with van der Waals surface area (Å²) in [6, 6.07) is 10.9. The highest BCUT2D eigenvalue weighted by molar-refractivity contribution is 5.15. The molecule has 2 unspecified atom stereocenters. The van der Waals surface area contributed by atoms with Crippen molar-refractivity contribution in [3.05, 3.63) is 35.9 Å². The van der Waals surface area contributed by atoms with Gasteiger partial charge >= 0.3 is 0 Å². The molecule has 0 fully saturated rings. The number of rotatable bonds is 9. The van der Waals surface area contributed by atoms with Crippen LogP contribution in [0.4, 0.5) is 0 Å². The number of unbranched alkanes of at least 4 members (excludes halogenated alkanes) is 4. The summed E-state index contributed by atoms with van der Waals surface area (Å²) in [6.07, 6.45) is 9.66. The van der Waals surface area contributed by atoms with Crippen LogP contribution < -0.4 is 0 Å². The van der Waals surface area contributed by atoms with Gasteiger partial charge in [-0.2, -0.15) is 0 Å². The van der Waals surface area contributed by atoms with Gasteiger partial charge < -0.3 is 0 Å². The quantitative estimate of drug-likeness (QED) is 0.479. The maximum Gasteiger partial charge on any atom is -0.0250 e. The van der Waals surface area contributed by atoms with Crippen LogP contribution in [0.15, 0.2) is 30.3 Å². The Hall–Kier alpha value is -0.780. The maximum atomic E-state index is 2.42. The molecule has 102 valence electrons. The Balaban J connectivity index is 2.18. The standard InChI is InChI=1S/C18H30/c1-4-5-6-7-9-12-16(2)17(3)15-18-13-10-8-11-14-18/h8,10-11,13-14,16-17H,4-7,9,12,15H2,1-3H3. The van der Waals surface area contributed by atoms with Crippen molar-refractivity contribution < 1.29 is 0 Å². The third-order valence-corrected chi connectivity index (χ3v) is 4.13. The van der Waals surface area contributed by atoms with E-state index in [1.807, 2.05) is 0 Å². The maximum absolute atomic E-state index is 2.42. The molecule has 1 aromatic carbocycles. The summed E-state index contributed by atoms with van der Waals surface area (Å²) in [7, 11) is 0. The van der Waals surface area contributed by atoms with E-state index in [9.17, 15) is 0 Å². The average molecular weight is 246 g/mol. The molecule has 0 saturated heterocycles. The van der Waals surface area contributed by atoms with Crippen LogP contribution in [0, 0.1) is 11.8 Å². The number of hydrogen-bond donors (Lipinski definition) is 0. The van der Waals surface area contributed by atoms with Crippen LogP contribution >= 0.6 is 0 Å². The van der Waals surface area contributed by atoms with E-state index in [1.165, 1.54) is 50.5 Å². The number of hydrogen-bond acceptors (Lipinski definition) is 0. The molecule has 1 rings (SSSR count). The number of benzene rings is 1. The molecule has 0 heteroatoms. The minimum Gasteiger partial charge on any atom is -0.0654 e. The highest BCUT2D eigenvalue weighted by Gasteiger charge is 2.12. The zero-order chi connectivity index (χ0) is 13.2. The van der Waals surface area contributed by atoms with E-state index in [0.29, 0.717) is 0 Å². The fourth-order valence-corrected chi connectivity index (χ4v) is 2.54. The van der Waals surface area contributed by atoms with Gasteiger partial charge in [0.1, 0.15) is 0 Å². The van der Waals surface area contributed by atoms with Crippen LogP contribution in [-0.4, -0.2) is 0 Å². The zero-order valence-corrected chi connectivity index (χ0v) is 12.5. The summed E-state index contributed by atoms with van der Waals surface area (Å²) < 4.78 is 0. The van der Waals surface area contributed by atoms with E-state index < -0.39 is 0 Å². The van der Waals surface area contributed by atoms with Crippen molar-refractivity contribution in [2.24, 2.45) is 11.8 Å².